The Bertz CT molecular complexity index is 1190. The van der Waals surface area contributed by atoms with Crippen LogP contribution in [0.25, 0.3) is 5.57 Å². The molecule has 0 saturated heterocycles. The second kappa shape index (κ2) is 9.18. The SMILES string of the molecule is CC(=O)Nc1cccc(Nc2ncnc(N3CC=C(c4ccc(C)c(C)c4)CC3)n2)c1C. The Labute approximate surface area is 188 Å². The quantitative estimate of drug-likeness (QED) is 0.608. The molecule has 0 radical (unpaired) electrons. The van der Waals surface area contributed by atoms with Gasteiger partial charge in [-0.25, -0.2) is 9.97 Å². The van der Waals surface area contributed by atoms with Crippen molar-refractivity contribution in [3.8, 4) is 0 Å². The van der Waals surface area contributed by atoms with Gasteiger partial charge >= 0.3 is 0 Å². The highest BCUT2D eigenvalue weighted by atomic mass is 16.1. The van der Waals surface area contributed by atoms with Gasteiger partial charge in [-0.2, -0.15) is 4.98 Å². The molecule has 0 atom stereocenters. The Hall–Kier alpha value is -3.74. The standard InChI is InChI=1S/C25H28N6O/c1-16-8-9-21(14-17(16)2)20-10-12-31(13-11-20)25-27-15-26-24(30-25)29-23-7-5-6-22(18(23)3)28-19(4)32/h5-10,14-15H,11-13H2,1-4H3,(H,28,32)(H,26,27,29,30). The van der Waals surface area contributed by atoms with Crippen molar-refractivity contribution >= 4 is 34.8 Å². The molecule has 2 N–H and O–H groups in total. The molecule has 0 spiro atoms. The Kier molecular flexibility index (Phi) is 6.16. The van der Waals surface area contributed by atoms with Gasteiger partial charge in [0.25, 0.3) is 0 Å². The lowest BCUT2D eigenvalue weighted by Crippen LogP contribution is -2.30. The first kappa shape index (κ1) is 21.5. The molecule has 3 aromatic rings. The molecular weight excluding hydrogens is 400 g/mol. The normalized spacial score (nSPS) is 13.5. The molecule has 1 aromatic heterocycles. The molecule has 1 aliphatic rings. The molecule has 0 saturated carbocycles. The van der Waals surface area contributed by atoms with Crippen LogP contribution >= 0.6 is 0 Å². The number of nitrogens with zero attached hydrogens (tertiary/aromatic N) is 4. The van der Waals surface area contributed by atoms with E-state index in [1.807, 2.05) is 25.1 Å². The summed E-state index contributed by atoms with van der Waals surface area (Å²) in [6.07, 6.45) is 4.72. The molecular formula is C25H28N6O. The lowest BCUT2D eigenvalue weighted by atomic mass is 9.96. The van der Waals surface area contributed by atoms with Crippen LogP contribution in [0.3, 0.4) is 0 Å². The number of hydrogen-bond donors (Lipinski definition) is 2. The second-order valence-corrected chi connectivity index (χ2v) is 8.12. The van der Waals surface area contributed by atoms with Crippen molar-refractivity contribution in [1.82, 2.24) is 15.0 Å². The van der Waals surface area contributed by atoms with Crippen LogP contribution in [0.15, 0.2) is 48.8 Å². The van der Waals surface area contributed by atoms with E-state index in [1.165, 1.54) is 35.5 Å². The number of carbonyl (C=O) groups is 1. The van der Waals surface area contributed by atoms with E-state index in [4.69, 9.17) is 0 Å². The van der Waals surface area contributed by atoms with Crippen molar-refractivity contribution in [2.75, 3.05) is 28.6 Å². The fourth-order valence-electron chi connectivity index (χ4n) is 3.77. The van der Waals surface area contributed by atoms with E-state index >= 15 is 0 Å². The maximum absolute atomic E-state index is 11.4. The van der Waals surface area contributed by atoms with Gasteiger partial charge in [0.05, 0.1) is 0 Å². The predicted molar refractivity (Wildman–Crippen MR) is 129 cm³/mol. The van der Waals surface area contributed by atoms with E-state index < -0.39 is 0 Å². The van der Waals surface area contributed by atoms with Gasteiger partial charge in [-0.1, -0.05) is 30.3 Å². The third-order valence-corrected chi connectivity index (χ3v) is 5.82. The minimum absolute atomic E-state index is 0.106. The highest BCUT2D eigenvalue weighted by Gasteiger charge is 2.17. The zero-order valence-corrected chi connectivity index (χ0v) is 18.9. The van der Waals surface area contributed by atoms with Crippen LogP contribution in [0.1, 0.15) is 35.6 Å². The molecule has 1 amide bonds. The first-order chi connectivity index (χ1) is 15.4. The fraction of sp³-hybridized carbons (Fsp3) is 0.280. The van der Waals surface area contributed by atoms with Crippen molar-refractivity contribution in [2.45, 2.75) is 34.1 Å². The number of aromatic nitrogens is 3. The molecule has 0 unspecified atom stereocenters. The van der Waals surface area contributed by atoms with E-state index in [0.29, 0.717) is 11.9 Å². The average molecular weight is 429 g/mol. The number of benzene rings is 2. The monoisotopic (exact) mass is 428 g/mol. The third kappa shape index (κ3) is 4.77. The molecule has 0 fully saturated rings. The van der Waals surface area contributed by atoms with Gasteiger partial charge in [-0.05, 0) is 67.2 Å². The van der Waals surface area contributed by atoms with Crippen LogP contribution in [-0.4, -0.2) is 33.9 Å². The van der Waals surface area contributed by atoms with Crippen molar-refractivity contribution in [3.05, 3.63) is 71.1 Å². The summed E-state index contributed by atoms with van der Waals surface area (Å²) >= 11 is 0. The van der Waals surface area contributed by atoms with Gasteiger partial charge in [-0.3, -0.25) is 4.79 Å². The highest BCUT2D eigenvalue weighted by molar-refractivity contribution is 5.90. The molecule has 7 heteroatoms. The van der Waals surface area contributed by atoms with Crippen LogP contribution in [0, 0.1) is 20.8 Å². The fourth-order valence-corrected chi connectivity index (χ4v) is 3.77. The zero-order chi connectivity index (χ0) is 22.7. The van der Waals surface area contributed by atoms with E-state index in [2.05, 4.69) is 68.6 Å². The lowest BCUT2D eigenvalue weighted by molar-refractivity contribution is -0.114. The van der Waals surface area contributed by atoms with Crippen molar-refractivity contribution in [2.24, 2.45) is 0 Å². The van der Waals surface area contributed by atoms with Crippen molar-refractivity contribution in [1.29, 1.82) is 0 Å². The minimum atomic E-state index is -0.106. The molecule has 7 nitrogen and oxygen atoms in total. The Morgan fingerprint density at radius 3 is 2.56 bits per heavy atom. The van der Waals surface area contributed by atoms with Gasteiger partial charge in [0, 0.05) is 31.4 Å². The van der Waals surface area contributed by atoms with Gasteiger partial charge in [0.1, 0.15) is 6.33 Å². The van der Waals surface area contributed by atoms with E-state index in [9.17, 15) is 4.79 Å². The number of carbonyl (C=O) groups excluding carboxylic acids is 1. The van der Waals surface area contributed by atoms with Gasteiger partial charge in [0.15, 0.2) is 0 Å². The molecule has 32 heavy (non-hydrogen) atoms. The molecule has 0 aliphatic carbocycles. The third-order valence-electron chi connectivity index (χ3n) is 5.82. The number of anilines is 4. The number of nitrogens with one attached hydrogen (secondary N) is 2. The van der Waals surface area contributed by atoms with Gasteiger partial charge < -0.3 is 15.5 Å². The summed E-state index contributed by atoms with van der Waals surface area (Å²) in [4.78, 5) is 26.9. The summed E-state index contributed by atoms with van der Waals surface area (Å²) in [5.74, 6) is 1.02. The van der Waals surface area contributed by atoms with Crippen LogP contribution in [0.2, 0.25) is 0 Å². The summed E-state index contributed by atoms with van der Waals surface area (Å²) in [7, 11) is 0. The first-order valence-corrected chi connectivity index (χ1v) is 10.8. The van der Waals surface area contributed by atoms with Crippen molar-refractivity contribution < 1.29 is 4.79 Å². The lowest BCUT2D eigenvalue weighted by Gasteiger charge is -2.27. The minimum Gasteiger partial charge on any atom is -0.337 e. The van der Waals surface area contributed by atoms with Gasteiger partial charge in [0.2, 0.25) is 17.8 Å². The maximum Gasteiger partial charge on any atom is 0.232 e. The molecule has 164 valence electrons. The first-order valence-electron chi connectivity index (χ1n) is 10.8. The topological polar surface area (TPSA) is 83.0 Å². The maximum atomic E-state index is 11.4. The van der Waals surface area contributed by atoms with E-state index in [0.717, 1.165) is 36.4 Å². The summed E-state index contributed by atoms with van der Waals surface area (Å²) in [5, 5.41) is 6.10. The van der Waals surface area contributed by atoms with Gasteiger partial charge in [-0.15, -0.1) is 0 Å². The summed E-state index contributed by atoms with van der Waals surface area (Å²) in [6, 6.07) is 12.3. The number of hydrogen-bond acceptors (Lipinski definition) is 6. The summed E-state index contributed by atoms with van der Waals surface area (Å²) < 4.78 is 0. The van der Waals surface area contributed by atoms with E-state index in [-0.39, 0.29) is 5.91 Å². The molecule has 4 rings (SSSR count). The molecule has 2 aromatic carbocycles. The smallest absolute Gasteiger partial charge is 0.232 e. The molecule has 2 heterocycles. The Morgan fingerprint density at radius 1 is 1.03 bits per heavy atom. The van der Waals surface area contributed by atoms with Crippen LogP contribution in [-0.2, 0) is 4.79 Å². The van der Waals surface area contributed by atoms with Crippen LogP contribution < -0.4 is 15.5 Å². The Morgan fingerprint density at radius 2 is 1.84 bits per heavy atom. The highest BCUT2D eigenvalue weighted by Crippen LogP contribution is 2.27. The number of aryl methyl sites for hydroxylation is 2. The Balaban J connectivity index is 1.49. The molecule has 0 bridgehead atoms. The predicted octanol–water partition coefficient (Wildman–Crippen LogP) is 4.79. The average Bonchev–Trinajstić information content (AvgIpc) is 2.78. The molecule has 1 aliphatic heterocycles. The largest absolute Gasteiger partial charge is 0.337 e. The summed E-state index contributed by atoms with van der Waals surface area (Å²) in [6.45, 7) is 9.33. The zero-order valence-electron chi connectivity index (χ0n) is 18.9. The summed E-state index contributed by atoms with van der Waals surface area (Å²) in [5.41, 5.74) is 7.80. The second-order valence-electron chi connectivity index (χ2n) is 8.12. The number of rotatable bonds is 5. The number of amides is 1. The van der Waals surface area contributed by atoms with Crippen LogP contribution in [0.5, 0.6) is 0 Å². The van der Waals surface area contributed by atoms with E-state index in [1.54, 1.807) is 0 Å². The van der Waals surface area contributed by atoms with Crippen LogP contribution in [0.4, 0.5) is 23.3 Å². The van der Waals surface area contributed by atoms with Crippen molar-refractivity contribution in [3.63, 3.8) is 0 Å².